The lowest BCUT2D eigenvalue weighted by Gasteiger charge is -2.08. The van der Waals surface area contributed by atoms with Crippen LogP contribution in [0.4, 0.5) is 5.82 Å². The Kier molecular flexibility index (Phi) is 4.34. The number of carbonyl (C=O) groups is 1. The number of rotatable bonds is 4. The maximum Gasteiger partial charge on any atom is 0.307 e. The zero-order valence-electron chi connectivity index (χ0n) is 11.8. The van der Waals surface area contributed by atoms with Crippen LogP contribution in [0.1, 0.15) is 22.6 Å². The standard InChI is InChI=1S/C14H17N3O2S/c1-9-5-4-7-15-13(9)16-12(18)6-8-17-10(2)11(3)20-14(17)19/h4-5,7H,6,8H2,1-3H3,(H,15,16,18). The molecule has 0 saturated carbocycles. The molecule has 0 unspecified atom stereocenters. The number of aromatic nitrogens is 2. The summed E-state index contributed by atoms with van der Waals surface area (Å²) in [6, 6.07) is 3.71. The summed E-state index contributed by atoms with van der Waals surface area (Å²) >= 11 is 1.22. The number of nitrogens with zero attached hydrogens (tertiary/aromatic N) is 2. The van der Waals surface area contributed by atoms with Crippen LogP contribution in [0.5, 0.6) is 0 Å². The fraction of sp³-hybridized carbons (Fsp3) is 0.357. The molecule has 0 radical (unpaired) electrons. The van der Waals surface area contributed by atoms with Gasteiger partial charge in [-0.3, -0.25) is 9.59 Å². The topological polar surface area (TPSA) is 64.0 Å². The summed E-state index contributed by atoms with van der Waals surface area (Å²) in [7, 11) is 0. The van der Waals surface area contributed by atoms with E-state index in [0.717, 1.165) is 16.1 Å². The number of carbonyl (C=O) groups excluding carboxylic acids is 1. The first-order valence-corrected chi connectivity index (χ1v) is 7.19. The van der Waals surface area contributed by atoms with E-state index in [1.54, 1.807) is 10.8 Å². The molecule has 0 bridgehead atoms. The summed E-state index contributed by atoms with van der Waals surface area (Å²) in [5, 5.41) is 2.76. The molecule has 5 nitrogen and oxygen atoms in total. The van der Waals surface area contributed by atoms with Crippen molar-refractivity contribution in [2.75, 3.05) is 5.32 Å². The van der Waals surface area contributed by atoms with E-state index < -0.39 is 0 Å². The molecule has 0 aliphatic carbocycles. The van der Waals surface area contributed by atoms with Gasteiger partial charge in [0.15, 0.2) is 0 Å². The Hall–Kier alpha value is -1.95. The largest absolute Gasteiger partial charge is 0.310 e. The summed E-state index contributed by atoms with van der Waals surface area (Å²) in [6.45, 7) is 6.09. The van der Waals surface area contributed by atoms with Gasteiger partial charge in [-0.2, -0.15) is 0 Å². The van der Waals surface area contributed by atoms with Crippen molar-refractivity contribution in [3.63, 3.8) is 0 Å². The van der Waals surface area contributed by atoms with Gasteiger partial charge in [0.2, 0.25) is 5.91 Å². The number of aryl methyl sites for hydroxylation is 2. The summed E-state index contributed by atoms with van der Waals surface area (Å²) in [4.78, 5) is 28.7. The fourth-order valence-corrected chi connectivity index (χ4v) is 2.73. The highest BCUT2D eigenvalue weighted by Crippen LogP contribution is 2.11. The number of anilines is 1. The second-order valence-electron chi connectivity index (χ2n) is 4.63. The predicted octanol–water partition coefficient (Wildman–Crippen LogP) is 2.26. The second kappa shape index (κ2) is 6.00. The van der Waals surface area contributed by atoms with Crippen molar-refractivity contribution in [2.45, 2.75) is 33.7 Å². The molecule has 0 aromatic carbocycles. The van der Waals surface area contributed by atoms with Crippen LogP contribution in [-0.4, -0.2) is 15.5 Å². The number of hydrogen-bond donors (Lipinski definition) is 1. The monoisotopic (exact) mass is 291 g/mol. The third kappa shape index (κ3) is 3.14. The van der Waals surface area contributed by atoms with Crippen molar-refractivity contribution in [2.24, 2.45) is 0 Å². The predicted molar refractivity (Wildman–Crippen MR) is 80.3 cm³/mol. The van der Waals surface area contributed by atoms with Crippen LogP contribution in [0, 0.1) is 20.8 Å². The molecule has 0 aliphatic heterocycles. The normalized spacial score (nSPS) is 10.6. The van der Waals surface area contributed by atoms with Gasteiger partial charge < -0.3 is 9.88 Å². The van der Waals surface area contributed by atoms with Crippen molar-refractivity contribution < 1.29 is 4.79 Å². The van der Waals surface area contributed by atoms with Crippen molar-refractivity contribution in [1.82, 2.24) is 9.55 Å². The summed E-state index contributed by atoms with van der Waals surface area (Å²) < 4.78 is 1.64. The van der Waals surface area contributed by atoms with Crippen LogP contribution >= 0.6 is 11.3 Å². The Morgan fingerprint density at radius 1 is 1.40 bits per heavy atom. The van der Waals surface area contributed by atoms with Crippen molar-refractivity contribution in [1.29, 1.82) is 0 Å². The van der Waals surface area contributed by atoms with Gasteiger partial charge in [-0.1, -0.05) is 17.4 Å². The fourth-order valence-electron chi connectivity index (χ4n) is 1.87. The molecular formula is C14H17N3O2S. The van der Waals surface area contributed by atoms with Crippen LogP contribution in [0.15, 0.2) is 23.1 Å². The summed E-state index contributed by atoms with van der Waals surface area (Å²) in [5.41, 5.74) is 1.85. The molecule has 0 fully saturated rings. The van der Waals surface area contributed by atoms with Gasteiger partial charge in [0.1, 0.15) is 5.82 Å². The second-order valence-corrected chi connectivity index (χ2v) is 5.79. The summed E-state index contributed by atoms with van der Waals surface area (Å²) in [6.07, 6.45) is 1.90. The van der Waals surface area contributed by atoms with E-state index >= 15 is 0 Å². The van der Waals surface area contributed by atoms with Gasteiger partial charge >= 0.3 is 4.87 Å². The van der Waals surface area contributed by atoms with Gasteiger partial charge in [-0.25, -0.2) is 4.98 Å². The van der Waals surface area contributed by atoms with Crippen LogP contribution in [-0.2, 0) is 11.3 Å². The quantitative estimate of drug-likeness (QED) is 0.939. The Bertz CT molecular complexity index is 688. The average Bonchev–Trinajstić information content (AvgIpc) is 2.64. The van der Waals surface area contributed by atoms with Gasteiger partial charge in [0.05, 0.1) is 0 Å². The van der Waals surface area contributed by atoms with E-state index in [2.05, 4.69) is 10.3 Å². The lowest BCUT2D eigenvalue weighted by Crippen LogP contribution is -2.20. The Morgan fingerprint density at radius 3 is 2.75 bits per heavy atom. The minimum absolute atomic E-state index is 0.0122. The van der Waals surface area contributed by atoms with Gasteiger partial charge in [-0.05, 0) is 32.4 Å². The number of pyridine rings is 1. The minimum Gasteiger partial charge on any atom is -0.310 e. The van der Waals surface area contributed by atoms with E-state index in [1.165, 1.54) is 11.3 Å². The average molecular weight is 291 g/mol. The molecule has 2 aromatic heterocycles. The molecule has 0 spiro atoms. The third-order valence-corrected chi connectivity index (χ3v) is 4.20. The first-order chi connectivity index (χ1) is 9.49. The lowest BCUT2D eigenvalue weighted by molar-refractivity contribution is -0.116. The Labute approximate surface area is 121 Å². The van der Waals surface area contributed by atoms with E-state index in [-0.39, 0.29) is 17.2 Å². The Morgan fingerprint density at radius 2 is 2.15 bits per heavy atom. The number of amides is 1. The molecule has 0 aliphatic rings. The zero-order chi connectivity index (χ0) is 14.7. The highest BCUT2D eigenvalue weighted by atomic mass is 32.1. The van der Waals surface area contributed by atoms with E-state index in [4.69, 9.17) is 0 Å². The highest BCUT2D eigenvalue weighted by Gasteiger charge is 2.10. The van der Waals surface area contributed by atoms with Gasteiger partial charge in [-0.15, -0.1) is 0 Å². The maximum atomic E-state index is 11.9. The van der Waals surface area contributed by atoms with Gasteiger partial charge in [0.25, 0.3) is 0 Å². The SMILES string of the molecule is Cc1cccnc1NC(=O)CCn1c(C)c(C)sc1=O. The van der Waals surface area contributed by atoms with Crippen LogP contribution in [0.3, 0.4) is 0 Å². The van der Waals surface area contributed by atoms with Crippen molar-refractivity contribution in [3.8, 4) is 0 Å². The van der Waals surface area contributed by atoms with Crippen molar-refractivity contribution >= 4 is 23.1 Å². The lowest BCUT2D eigenvalue weighted by atomic mass is 10.3. The molecule has 1 N–H and O–H groups in total. The maximum absolute atomic E-state index is 11.9. The van der Waals surface area contributed by atoms with Crippen LogP contribution < -0.4 is 10.2 Å². The highest BCUT2D eigenvalue weighted by molar-refractivity contribution is 7.09. The van der Waals surface area contributed by atoms with E-state index in [1.807, 2.05) is 32.9 Å². The smallest absolute Gasteiger partial charge is 0.307 e. The minimum atomic E-state index is -0.137. The summed E-state index contributed by atoms with van der Waals surface area (Å²) in [5.74, 6) is 0.435. The first-order valence-electron chi connectivity index (χ1n) is 6.37. The molecular weight excluding hydrogens is 274 g/mol. The van der Waals surface area contributed by atoms with Crippen molar-refractivity contribution in [3.05, 3.63) is 44.1 Å². The van der Waals surface area contributed by atoms with E-state index in [0.29, 0.717) is 12.4 Å². The zero-order valence-corrected chi connectivity index (χ0v) is 12.6. The molecule has 2 rings (SSSR count). The van der Waals surface area contributed by atoms with Gasteiger partial charge in [0, 0.05) is 29.7 Å². The number of hydrogen-bond acceptors (Lipinski definition) is 4. The first kappa shape index (κ1) is 14.5. The molecule has 0 atom stereocenters. The molecule has 6 heteroatoms. The third-order valence-electron chi connectivity index (χ3n) is 3.20. The molecule has 106 valence electrons. The molecule has 20 heavy (non-hydrogen) atoms. The Balaban J connectivity index is 1.99. The number of nitrogens with one attached hydrogen (secondary N) is 1. The van der Waals surface area contributed by atoms with E-state index in [9.17, 15) is 9.59 Å². The molecule has 1 amide bonds. The molecule has 0 saturated heterocycles. The van der Waals surface area contributed by atoms with Crippen LogP contribution in [0.2, 0.25) is 0 Å². The number of thiazole rings is 1. The molecule has 2 aromatic rings. The van der Waals surface area contributed by atoms with Crippen LogP contribution in [0.25, 0.3) is 0 Å². The molecule has 2 heterocycles.